The third-order valence-corrected chi connectivity index (χ3v) is 5.33. The minimum atomic E-state index is -1.02. The van der Waals surface area contributed by atoms with Gasteiger partial charge in [-0.05, 0) is 49.1 Å². The summed E-state index contributed by atoms with van der Waals surface area (Å²) in [6, 6.07) is 4.96. The van der Waals surface area contributed by atoms with Crippen LogP contribution in [0, 0.1) is 5.82 Å². The first-order valence-electron chi connectivity index (χ1n) is 7.63. The largest absolute Gasteiger partial charge is 0.481 e. The van der Waals surface area contributed by atoms with Crippen LogP contribution in [0.1, 0.15) is 49.9 Å². The number of carboxylic acids is 1. The number of anilines is 1. The third kappa shape index (κ3) is 3.25. The fourth-order valence-corrected chi connectivity index (χ4v) is 4.32. The quantitative estimate of drug-likeness (QED) is 0.777. The number of aliphatic carboxylic acids is 1. The summed E-state index contributed by atoms with van der Waals surface area (Å²) in [7, 11) is 0. The molecule has 1 aromatic heterocycles. The van der Waals surface area contributed by atoms with Gasteiger partial charge in [-0.15, -0.1) is 11.3 Å². The summed E-state index contributed by atoms with van der Waals surface area (Å²) in [5.41, 5.74) is 6.14. The number of amides is 2. The van der Waals surface area contributed by atoms with Crippen molar-refractivity contribution in [3.05, 3.63) is 51.7 Å². The van der Waals surface area contributed by atoms with Gasteiger partial charge in [0.15, 0.2) is 0 Å². The molecule has 8 heteroatoms. The molecule has 1 unspecified atom stereocenters. The van der Waals surface area contributed by atoms with Crippen LogP contribution in [0.15, 0.2) is 24.3 Å². The molecule has 1 heterocycles. The summed E-state index contributed by atoms with van der Waals surface area (Å²) in [6.45, 7) is 0. The van der Waals surface area contributed by atoms with Crippen LogP contribution in [0.5, 0.6) is 0 Å². The molecule has 0 fully saturated rings. The lowest BCUT2D eigenvalue weighted by atomic mass is 9.85. The predicted molar refractivity (Wildman–Crippen MR) is 90.5 cm³/mol. The van der Waals surface area contributed by atoms with Crippen molar-refractivity contribution >= 4 is 34.1 Å². The van der Waals surface area contributed by atoms with E-state index >= 15 is 0 Å². The fraction of sp³-hybridized carbons (Fsp3) is 0.235. The maximum absolute atomic E-state index is 13.0. The Hall–Kier alpha value is -2.74. The van der Waals surface area contributed by atoms with Gasteiger partial charge in [0.1, 0.15) is 10.8 Å². The lowest BCUT2D eigenvalue weighted by Crippen LogP contribution is -2.23. The smallest absolute Gasteiger partial charge is 0.311 e. The second-order valence-electron chi connectivity index (χ2n) is 5.75. The average Bonchev–Trinajstić information content (AvgIpc) is 2.92. The van der Waals surface area contributed by atoms with Crippen molar-refractivity contribution in [3.8, 4) is 0 Å². The van der Waals surface area contributed by atoms with E-state index in [1.165, 1.54) is 23.5 Å². The number of fused-ring (bicyclic) bond motifs is 1. The maximum Gasteiger partial charge on any atom is 0.311 e. The molecule has 25 heavy (non-hydrogen) atoms. The van der Waals surface area contributed by atoms with Crippen LogP contribution < -0.4 is 11.1 Å². The van der Waals surface area contributed by atoms with Crippen molar-refractivity contribution in [3.63, 3.8) is 0 Å². The molecule has 2 amide bonds. The molecule has 1 aliphatic carbocycles. The van der Waals surface area contributed by atoms with Crippen LogP contribution in [0.25, 0.3) is 0 Å². The van der Waals surface area contributed by atoms with Gasteiger partial charge in [0.25, 0.3) is 11.8 Å². The van der Waals surface area contributed by atoms with Crippen LogP contribution in [0.3, 0.4) is 0 Å². The van der Waals surface area contributed by atoms with Gasteiger partial charge in [0.2, 0.25) is 0 Å². The number of hydrogen-bond donors (Lipinski definition) is 3. The van der Waals surface area contributed by atoms with Crippen LogP contribution in [-0.2, 0) is 11.2 Å². The minimum Gasteiger partial charge on any atom is -0.481 e. The molecule has 1 aliphatic rings. The first kappa shape index (κ1) is 17.1. The molecule has 0 aliphatic heterocycles. The standard InChI is InChI=1S/C17H15FN2O4S/c18-9-6-4-8(5-7-9)15(22)20-16-13(14(19)21)12-10(17(23)24)2-1-3-11(12)25-16/h4-7,10H,1-3H2,(H2,19,21)(H,20,22)(H,23,24). The molecule has 0 saturated carbocycles. The molecule has 0 spiro atoms. The second kappa shape index (κ2) is 6.64. The van der Waals surface area contributed by atoms with Gasteiger partial charge in [-0.1, -0.05) is 0 Å². The zero-order chi connectivity index (χ0) is 18.1. The monoisotopic (exact) mass is 362 g/mol. The number of carbonyl (C=O) groups is 3. The van der Waals surface area contributed by atoms with Gasteiger partial charge in [-0.2, -0.15) is 0 Å². The van der Waals surface area contributed by atoms with Crippen molar-refractivity contribution < 1.29 is 23.9 Å². The van der Waals surface area contributed by atoms with E-state index in [1.807, 2.05) is 0 Å². The van der Waals surface area contributed by atoms with Gasteiger partial charge >= 0.3 is 5.97 Å². The number of carbonyl (C=O) groups excluding carboxylic acids is 2. The Labute approximate surface area is 146 Å². The van der Waals surface area contributed by atoms with Crippen LogP contribution in [-0.4, -0.2) is 22.9 Å². The molecule has 3 rings (SSSR count). The maximum atomic E-state index is 13.0. The number of primary amides is 1. The highest BCUT2D eigenvalue weighted by atomic mass is 32.1. The van der Waals surface area contributed by atoms with E-state index in [2.05, 4.69) is 5.32 Å². The number of hydrogen-bond acceptors (Lipinski definition) is 4. The van der Waals surface area contributed by atoms with E-state index in [9.17, 15) is 23.9 Å². The van der Waals surface area contributed by atoms with Gasteiger partial charge in [-0.3, -0.25) is 14.4 Å². The minimum absolute atomic E-state index is 0.0579. The fourth-order valence-electron chi connectivity index (χ4n) is 3.01. The number of benzene rings is 1. The SMILES string of the molecule is NC(=O)c1c(NC(=O)c2ccc(F)cc2)sc2c1C(C(=O)O)CCC2. The number of nitrogens with two attached hydrogens (primary N) is 1. The van der Waals surface area contributed by atoms with E-state index in [0.29, 0.717) is 24.8 Å². The molecule has 1 atom stereocenters. The first-order chi connectivity index (χ1) is 11.9. The van der Waals surface area contributed by atoms with Crippen LogP contribution >= 0.6 is 11.3 Å². The summed E-state index contributed by atoms with van der Waals surface area (Å²) < 4.78 is 13.0. The van der Waals surface area contributed by atoms with Crippen molar-refractivity contribution in [2.24, 2.45) is 5.73 Å². The highest BCUT2D eigenvalue weighted by Gasteiger charge is 2.34. The van der Waals surface area contributed by atoms with Crippen molar-refractivity contribution in [1.29, 1.82) is 0 Å². The summed E-state index contributed by atoms with van der Waals surface area (Å²) >= 11 is 1.17. The first-order valence-corrected chi connectivity index (χ1v) is 8.45. The molecule has 0 radical (unpaired) electrons. The summed E-state index contributed by atoms with van der Waals surface area (Å²) in [5.74, 6) is -3.59. The number of rotatable bonds is 4. The molecule has 0 saturated heterocycles. The average molecular weight is 362 g/mol. The molecule has 130 valence electrons. The van der Waals surface area contributed by atoms with E-state index in [1.54, 1.807) is 0 Å². The number of aryl methyl sites for hydroxylation is 1. The Bertz CT molecular complexity index is 860. The number of thiophene rings is 1. The Morgan fingerprint density at radius 3 is 2.52 bits per heavy atom. The molecular formula is C17H15FN2O4S. The highest BCUT2D eigenvalue weighted by Crippen LogP contribution is 2.43. The van der Waals surface area contributed by atoms with E-state index in [0.717, 1.165) is 17.0 Å². The number of nitrogens with one attached hydrogen (secondary N) is 1. The molecule has 6 nitrogen and oxygen atoms in total. The molecule has 2 aromatic rings. The Morgan fingerprint density at radius 1 is 1.24 bits per heavy atom. The zero-order valence-electron chi connectivity index (χ0n) is 13.0. The molecule has 0 bridgehead atoms. The van der Waals surface area contributed by atoms with Gasteiger partial charge in [0, 0.05) is 10.4 Å². The van der Waals surface area contributed by atoms with E-state index in [-0.39, 0.29) is 16.1 Å². The Balaban J connectivity index is 1.99. The van der Waals surface area contributed by atoms with Gasteiger partial charge in [-0.25, -0.2) is 4.39 Å². The molecule has 1 aromatic carbocycles. The molecule has 4 N–H and O–H groups in total. The van der Waals surface area contributed by atoms with E-state index in [4.69, 9.17) is 5.73 Å². The van der Waals surface area contributed by atoms with Crippen molar-refractivity contribution in [2.75, 3.05) is 5.32 Å². The number of carboxylic acid groups (broad SMARTS) is 1. The third-order valence-electron chi connectivity index (χ3n) is 4.15. The Morgan fingerprint density at radius 2 is 1.92 bits per heavy atom. The Kier molecular flexibility index (Phi) is 4.54. The lowest BCUT2D eigenvalue weighted by molar-refractivity contribution is -0.139. The predicted octanol–water partition coefficient (Wildman–Crippen LogP) is 2.74. The van der Waals surface area contributed by atoms with Crippen molar-refractivity contribution in [1.82, 2.24) is 0 Å². The highest BCUT2D eigenvalue weighted by molar-refractivity contribution is 7.17. The lowest BCUT2D eigenvalue weighted by Gasteiger charge is -2.19. The van der Waals surface area contributed by atoms with Crippen LogP contribution in [0.4, 0.5) is 9.39 Å². The number of halogens is 1. The van der Waals surface area contributed by atoms with Crippen molar-refractivity contribution in [2.45, 2.75) is 25.2 Å². The normalized spacial score (nSPS) is 16.1. The summed E-state index contributed by atoms with van der Waals surface area (Å²) in [4.78, 5) is 36.5. The topological polar surface area (TPSA) is 109 Å². The molecular weight excluding hydrogens is 347 g/mol. The summed E-state index contributed by atoms with van der Waals surface area (Å²) in [5, 5.41) is 12.3. The second-order valence-corrected chi connectivity index (χ2v) is 6.86. The van der Waals surface area contributed by atoms with Gasteiger partial charge < -0.3 is 16.2 Å². The zero-order valence-corrected chi connectivity index (χ0v) is 13.9. The van der Waals surface area contributed by atoms with E-state index < -0.39 is 29.5 Å². The summed E-state index contributed by atoms with van der Waals surface area (Å²) in [6.07, 6.45) is 1.75. The van der Waals surface area contributed by atoms with Crippen LogP contribution in [0.2, 0.25) is 0 Å². The van der Waals surface area contributed by atoms with Gasteiger partial charge in [0.05, 0.1) is 11.5 Å².